The Labute approximate surface area is 182 Å². The van der Waals surface area contributed by atoms with E-state index in [1.165, 1.54) is 15.6 Å². The Morgan fingerprint density at radius 1 is 0.844 bits per heavy atom. The van der Waals surface area contributed by atoms with Gasteiger partial charge in [0.15, 0.2) is 5.69 Å². The van der Waals surface area contributed by atoms with Gasteiger partial charge < -0.3 is 10.8 Å². The zero-order valence-electron chi connectivity index (χ0n) is 17.9. The fourth-order valence-corrected chi connectivity index (χ4v) is 3.01. The van der Waals surface area contributed by atoms with Gasteiger partial charge in [-0.05, 0) is 26.0 Å². The second-order valence-electron chi connectivity index (χ2n) is 6.71. The molecule has 0 saturated heterocycles. The number of aromatic nitrogens is 8. The molecule has 0 saturated carbocycles. The molecule has 0 bridgehead atoms. The number of carboxylic acids is 1. The van der Waals surface area contributed by atoms with E-state index < -0.39 is 11.9 Å². The van der Waals surface area contributed by atoms with Crippen LogP contribution in [-0.2, 0) is 14.1 Å². The van der Waals surface area contributed by atoms with Crippen molar-refractivity contribution in [2.75, 3.05) is 0 Å². The summed E-state index contributed by atoms with van der Waals surface area (Å²) >= 11 is 0. The highest BCUT2D eigenvalue weighted by Gasteiger charge is 2.18. The van der Waals surface area contributed by atoms with E-state index in [9.17, 15) is 9.59 Å². The highest BCUT2D eigenvalue weighted by atomic mass is 16.4. The quantitative estimate of drug-likeness (QED) is 0.478. The Morgan fingerprint density at radius 3 is 1.69 bits per heavy atom. The number of carbonyl (C=O) groups is 2. The molecule has 4 rings (SSSR count). The van der Waals surface area contributed by atoms with Gasteiger partial charge in [-0.2, -0.15) is 10.2 Å². The molecule has 4 aromatic heterocycles. The van der Waals surface area contributed by atoms with Gasteiger partial charge >= 0.3 is 5.97 Å². The Hall–Kier alpha value is -4.48. The van der Waals surface area contributed by atoms with Crippen molar-refractivity contribution in [3.05, 3.63) is 60.0 Å². The van der Waals surface area contributed by atoms with Crippen LogP contribution in [-0.4, -0.2) is 56.5 Å². The average Bonchev–Trinajstić information content (AvgIpc) is 3.31. The van der Waals surface area contributed by atoms with Crippen LogP contribution in [0.3, 0.4) is 0 Å². The number of amides is 1. The number of rotatable bonds is 4. The monoisotopic (exact) mass is 435 g/mol. The van der Waals surface area contributed by atoms with E-state index in [0.29, 0.717) is 39.9 Å². The molecule has 0 aliphatic rings. The largest absolute Gasteiger partial charge is 0.477 e. The topological polar surface area (TPSA) is 168 Å². The summed E-state index contributed by atoms with van der Waals surface area (Å²) in [5.74, 6) is -0.313. The van der Waals surface area contributed by atoms with Gasteiger partial charge in [-0.25, -0.2) is 24.7 Å². The molecule has 0 aliphatic carbocycles. The highest BCUT2D eigenvalue weighted by molar-refractivity contribution is 5.97. The van der Waals surface area contributed by atoms with Crippen molar-refractivity contribution in [3.63, 3.8) is 0 Å². The van der Waals surface area contributed by atoms with Crippen molar-refractivity contribution < 1.29 is 14.7 Å². The molecule has 4 aromatic rings. The van der Waals surface area contributed by atoms with Crippen molar-refractivity contribution in [2.24, 2.45) is 19.8 Å². The van der Waals surface area contributed by atoms with E-state index in [2.05, 4.69) is 30.1 Å². The summed E-state index contributed by atoms with van der Waals surface area (Å²) in [6, 6.07) is 3.38. The summed E-state index contributed by atoms with van der Waals surface area (Å²) < 4.78 is 2.75. The fourth-order valence-electron chi connectivity index (χ4n) is 3.01. The second-order valence-corrected chi connectivity index (χ2v) is 6.71. The predicted octanol–water partition coefficient (Wildman–Crippen LogP) is 1.17. The molecule has 0 spiro atoms. The van der Waals surface area contributed by atoms with Crippen molar-refractivity contribution >= 4 is 11.9 Å². The first-order valence-electron chi connectivity index (χ1n) is 9.36. The number of carbonyl (C=O) groups excluding carboxylic acids is 1. The Bertz CT molecular complexity index is 1190. The number of primary amides is 1. The zero-order chi connectivity index (χ0) is 23.4. The minimum atomic E-state index is -1.02. The van der Waals surface area contributed by atoms with Crippen LogP contribution in [0.4, 0.5) is 0 Å². The Morgan fingerprint density at radius 2 is 1.28 bits per heavy atom. The first-order chi connectivity index (χ1) is 15.2. The van der Waals surface area contributed by atoms with Gasteiger partial charge in [0.05, 0.1) is 34.9 Å². The predicted molar refractivity (Wildman–Crippen MR) is 113 cm³/mol. The van der Waals surface area contributed by atoms with Gasteiger partial charge in [-0.15, -0.1) is 0 Å². The van der Waals surface area contributed by atoms with Crippen molar-refractivity contribution in [2.45, 2.75) is 13.8 Å². The number of nitrogens with zero attached hydrogens (tertiary/aromatic N) is 8. The molecule has 32 heavy (non-hydrogen) atoms. The lowest BCUT2D eigenvalue weighted by Gasteiger charge is -2.01. The van der Waals surface area contributed by atoms with E-state index in [4.69, 9.17) is 10.8 Å². The molecule has 3 N–H and O–H groups in total. The molecule has 0 aromatic carbocycles. The van der Waals surface area contributed by atoms with Crippen molar-refractivity contribution in [1.82, 2.24) is 39.5 Å². The summed E-state index contributed by atoms with van der Waals surface area (Å²) in [5.41, 5.74) is 8.10. The van der Waals surface area contributed by atoms with Gasteiger partial charge in [-0.1, -0.05) is 0 Å². The van der Waals surface area contributed by atoms with Gasteiger partial charge in [0, 0.05) is 26.5 Å². The smallest absolute Gasteiger partial charge is 0.354 e. The van der Waals surface area contributed by atoms with E-state index in [1.54, 1.807) is 58.7 Å². The summed E-state index contributed by atoms with van der Waals surface area (Å²) in [5, 5.41) is 17.0. The molecule has 1 amide bonds. The van der Waals surface area contributed by atoms with E-state index in [-0.39, 0.29) is 5.69 Å². The lowest BCUT2D eigenvalue weighted by molar-refractivity contribution is 0.0685. The second kappa shape index (κ2) is 9.12. The molecule has 0 radical (unpaired) electrons. The molecular formula is C20H21N9O3. The van der Waals surface area contributed by atoms with Crippen LogP contribution in [0.1, 0.15) is 32.6 Å². The molecule has 12 heteroatoms. The van der Waals surface area contributed by atoms with Gasteiger partial charge in [0.1, 0.15) is 17.3 Å². The number of carboxylic acid groups (broad SMARTS) is 1. The van der Waals surface area contributed by atoms with Crippen LogP contribution in [0.25, 0.3) is 22.5 Å². The molecule has 0 fully saturated rings. The minimum Gasteiger partial charge on any atom is -0.477 e. The third-order valence-corrected chi connectivity index (χ3v) is 4.42. The zero-order valence-corrected chi connectivity index (χ0v) is 17.9. The van der Waals surface area contributed by atoms with Crippen LogP contribution >= 0.6 is 0 Å². The first-order valence-corrected chi connectivity index (χ1v) is 9.36. The summed E-state index contributed by atoms with van der Waals surface area (Å²) in [6.45, 7) is 3.53. The van der Waals surface area contributed by atoms with Crippen LogP contribution in [0.2, 0.25) is 0 Å². The Balaban J connectivity index is 0.000000181. The number of hydrogen-bond donors (Lipinski definition) is 2. The molecule has 12 nitrogen and oxygen atoms in total. The normalized spacial score (nSPS) is 10.4. The molecule has 164 valence electrons. The standard InChI is InChI=1S/C10H11N5O.C10H10N4O2/c1-6-12-4-3-8(14-6)7-5-13-15(2)9(7)10(11)16;1-6-11-4-3-8(13-6)7-5-12-14(2)9(7)10(15)16/h3-5H,1-2H3,(H2,11,16);3-5H,1-2H3,(H,15,16). The van der Waals surface area contributed by atoms with Crippen LogP contribution < -0.4 is 5.73 Å². The highest BCUT2D eigenvalue weighted by Crippen LogP contribution is 2.21. The number of aromatic carboxylic acids is 1. The number of hydrogen-bond acceptors (Lipinski definition) is 8. The molecular weight excluding hydrogens is 414 g/mol. The fraction of sp³-hybridized carbons (Fsp3) is 0.200. The lowest BCUT2D eigenvalue weighted by atomic mass is 10.1. The number of nitrogens with two attached hydrogens (primary N) is 1. The maximum Gasteiger partial charge on any atom is 0.354 e. The average molecular weight is 435 g/mol. The van der Waals surface area contributed by atoms with E-state index in [1.807, 2.05) is 0 Å². The van der Waals surface area contributed by atoms with Gasteiger partial charge in [-0.3, -0.25) is 14.2 Å². The maximum absolute atomic E-state index is 11.3. The van der Waals surface area contributed by atoms with Crippen LogP contribution in [0, 0.1) is 13.8 Å². The summed E-state index contributed by atoms with van der Waals surface area (Å²) in [7, 11) is 3.25. The van der Waals surface area contributed by atoms with Crippen molar-refractivity contribution in [1.29, 1.82) is 0 Å². The van der Waals surface area contributed by atoms with Crippen LogP contribution in [0.15, 0.2) is 36.9 Å². The summed E-state index contributed by atoms with van der Waals surface area (Å²) in [6.07, 6.45) is 6.29. The van der Waals surface area contributed by atoms with Crippen LogP contribution in [0.5, 0.6) is 0 Å². The third-order valence-electron chi connectivity index (χ3n) is 4.42. The minimum absolute atomic E-state index is 0.123. The molecule has 4 heterocycles. The van der Waals surface area contributed by atoms with Gasteiger partial charge in [0.25, 0.3) is 5.91 Å². The van der Waals surface area contributed by atoms with Crippen molar-refractivity contribution in [3.8, 4) is 22.5 Å². The number of aryl methyl sites for hydroxylation is 4. The first kappa shape index (κ1) is 22.2. The lowest BCUT2D eigenvalue weighted by Crippen LogP contribution is -2.17. The SMILES string of the molecule is Cc1nccc(-c2cnn(C)c2C(=O)O)n1.Cc1nccc(-c2cnn(C)c2C(N)=O)n1. The molecule has 0 aliphatic heterocycles. The van der Waals surface area contributed by atoms with Gasteiger partial charge in [0.2, 0.25) is 0 Å². The molecule has 0 unspecified atom stereocenters. The van der Waals surface area contributed by atoms with E-state index >= 15 is 0 Å². The third kappa shape index (κ3) is 4.64. The van der Waals surface area contributed by atoms with E-state index in [0.717, 1.165) is 0 Å². The molecule has 0 atom stereocenters. The summed E-state index contributed by atoms with van der Waals surface area (Å²) in [4.78, 5) is 38.7. The maximum atomic E-state index is 11.3. The Kier molecular flexibility index (Phi) is 6.33.